The molecule has 2 amide bonds. The maximum absolute atomic E-state index is 11.4. The molecular weight excluding hydrogens is 308 g/mol. The largest absolute Gasteiger partial charge is 0.468 e. The van der Waals surface area contributed by atoms with Crippen molar-refractivity contribution in [3.63, 3.8) is 0 Å². The van der Waals surface area contributed by atoms with Crippen LogP contribution in [0.3, 0.4) is 0 Å². The fraction of sp³-hybridized carbons (Fsp3) is 0.600. The van der Waals surface area contributed by atoms with Crippen molar-refractivity contribution in [3.8, 4) is 0 Å². The molecule has 0 aromatic heterocycles. The smallest absolute Gasteiger partial charge is 0.320 e. The van der Waals surface area contributed by atoms with Gasteiger partial charge in [-0.2, -0.15) is 25.3 Å². The van der Waals surface area contributed by atoms with Crippen molar-refractivity contribution in [1.29, 1.82) is 0 Å². The minimum absolute atomic E-state index is 0.163. The van der Waals surface area contributed by atoms with Gasteiger partial charge in [-0.1, -0.05) is 0 Å². The first kappa shape index (κ1) is 18.6. The molecule has 0 aromatic rings. The quantitative estimate of drug-likeness (QED) is 0.260. The van der Waals surface area contributed by atoms with Gasteiger partial charge in [0.05, 0.1) is 14.2 Å². The second kappa shape index (κ2) is 9.48. The van der Waals surface area contributed by atoms with Crippen molar-refractivity contribution in [2.45, 2.75) is 10.5 Å². The number of ether oxygens (including phenoxy) is 2. The van der Waals surface area contributed by atoms with Gasteiger partial charge in [-0.15, -0.1) is 0 Å². The number of nitrogens with one attached hydrogen (secondary N) is 2. The summed E-state index contributed by atoms with van der Waals surface area (Å²) >= 11 is 7.76. The average molecular weight is 324 g/mol. The molecule has 0 saturated heterocycles. The summed E-state index contributed by atoms with van der Waals surface area (Å²) in [6.07, 6.45) is 0. The minimum Gasteiger partial charge on any atom is -0.468 e. The van der Waals surface area contributed by atoms with E-state index in [9.17, 15) is 19.2 Å². The number of hydrogen-bond acceptors (Lipinski definition) is 8. The Balaban J connectivity index is 4.08. The standard InChI is InChI=1S/C10H16N2O6S2/c1-17-9(15)5(19)3-11-7(13)8(14)12-4-6(20)10(16)18-2/h5-6,19-20H,3-4H2,1-2H3,(H,11,13)(H,12,14). The number of rotatable bonds is 6. The molecule has 2 unspecified atom stereocenters. The van der Waals surface area contributed by atoms with Crippen LogP contribution in [0.25, 0.3) is 0 Å². The predicted octanol–water partition coefficient (Wildman–Crippen LogP) is -1.84. The molecule has 8 nitrogen and oxygen atoms in total. The van der Waals surface area contributed by atoms with Crippen LogP contribution in [-0.4, -0.2) is 61.6 Å². The highest BCUT2D eigenvalue weighted by Crippen LogP contribution is 1.96. The van der Waals surface area contributed by atoms with E-state index in [4.69, 9.17) is 0 Å². The van der Waals surface area contributed by atoms with Crippen molar-refractivity contribution in [2.24, 2.45) is 0 Å². The number of esters is 2. The predicted molar refractivity (Wildman–Crippen MR) is 75.6 cm³/mol. The molecule has 0 rings (SSSR count). The molecule has 2 N–H and O–H groups in total. The number of thiol groups is 2. The molecule has 20 heavy (non-hydrogen) atoms. The van der Waals surface area contributed by atoms with E-state index in [0.717, 1.165) is 0 Å². The number of hydrogen-bond donors (Lipinski definition) is 4. The van der Waals surface area contributed by atoms with Gasteiger partial charge >= 0.3 is 23.8 Å². The zero-order valence-electron chi connectivity index (χ0n) is 10.9. The Morgan fingerprint density at radius 1 is 0.850 bits per heavy atom. The zero-order chi connectivity index (χ0) is 15.7. The van der Waals surface area contributed by atoms with Gasteiger partial charge in [-0.05, 0) is 0 Å². The third-order valence-corrected chi connectivity index (χ3v) is 2.85. The number of carbonyl (C=O) groups excluding carboxylic acids is 4. The number of carbonyl (C=O) groups is 4. The Labute approximate surface area is 126 Å². The molecule has 0 aromatic carbocycles. The first-order valence-electron chi connectivity index (χ1n) is 5.41. The van der Waals surface area contributed by atoms with Gasteiger partial charge < -0.3 is 20.1 Å². The van der Waals surface area contributed by atoms with Gasteiger partial charge in [0.2, 0.25) is 0 Å². The van der Waals surface area contributed by atoms with E-state index in [1.54, 1.807) is 0 Å². The molecule has 0 heterocycles. The maximum atomic E-state index is 11.4. The Morgan fingerprint density at radius 2 is 1.15 bits per heavy atom. The summed E-state index contributed by atoms with van der Waals surface area (Å²) in [5.41, 5.74) is 0. The van der Waals surface area contributed by atoms with Crippen LogP contribution in [0.5, 0.6) is 0 Å². The highest BCUT2D eigenvalue weighted by atomic mass is 32.1. The number of amides is 2. The topological polar surface area (TPSA) is 111 Å². The summed E-state index contributed by atoms with van der Waals surface area (Å²) < 4.78 is 8.79. The first-order chi connectivity index (χ1) is 9.33. The summed E-state index contributed by atoms with van der Waals surface area (Å²) in [4.78, 5) is 44.7. The molecule has 2 atom stereocenters. The monoisotopic (exact) mass is 324 g/mol. The second-order valence-electron chi connectivity index (χ2n) is 3.50. The fourth-order valence-electron chi connectivity index (χ4n) is 0.978. The van der Waals surface area contributed by atoms with Crippen LogP contribution in [0.4, 0.5) is 0 Å². The van der Waals surface area contributed by atoms with E-state index in [1.165, 1.54) is 14.2 Å². The lowest BCUT2D eigenvalue weighted by Gasteiger charge is -2.11. The number of methoxy groups -OCH3 is 2. The molecule has 10 heteroatoms. The molecule has 0 saturated carbocycles. The van der Waals surface area contributed by atoms with E-state index in [1.807, 2.05) is 0 Å². The highest BCUT2D eigenvalue weighted by molar-refractivity contribution is 7.82. The van der Waals surface area contributed by atoms with Gasteiger partial charge in [0.1, 0.15) is 10.5 Å². The molecule has 0 fully saturated rings. The second-order valence-corrected chi connectivity index (χ2v) is 4.74. The molecule has 0 aliphatic rings. The van der Waals surface area contributed by atoms with Crippen LogP contribution in [0.2, 0.25) is 0 Å². The Morgan fingerprint density at radius 3 is 1.40 bits per heavy atom. The summed E-state index contributed by atoms with van der Waals surface area (Å²) in [5, 5.41) is 2.65. The van der Waals surface area contributed by atoms with E-state index in [2.05, 4.69) is 45.4 Å². The average Bonchev–Trinajstić information content (AvgIpc) is 2.47. The van der Waals surface area contributed by atoms with Crippen molar-refractivity contribution >= 4 is 49.0 Å². The van der Waals surface area contributed by atoms with Crippen LogP contribution in [0.1, 0.15) is 0 Å². The molecule has 0 spiro atoms. The van der Waals surface area contributed by atoms with E-state index < -0.39 is 34.3 Å². The lowest BCUT2D eigenvalue weighted by molar-refractivity contribution is -0.142. The Bertz CT molecular complexity index is 354. The van der Waals surface area contributed by atoms with Gasteiger partial charge in [0.25, 0.3) is 0 Å². The lowest BCUT2D eigenvalue weighted by Crippen LogP contribution is -2.45. The van der Waals surface area contributed by atoms with E-state index in [-0.39, 0.29) is 13.1 Å². The van der Waals surface area contributed by atoms with Crippen molar-refractivity contribution in [3.05, 3.63) is 0 Å². The SMILES string of the molecule is COC(=O)C(S)CNC(=O)C(=O)NCC(S)C(=O)OC. The van der Waals surface area contributed by atoms with Crippen molar-refractivity contribution in [2.75, 3.05) is 27.3 Å². The van der Waals surface area contributed by atoms with Crippen molar-refractivity contribution < 1.29 is 28.7 Å². The fourth-order valence-corrected chi connectivity index (χ4v) is 1.37. The highest BCUT2D eigenvalue weighted by Gasteiger charge is 2.20. The summed E-state index contributed by atoms with van der Waals surface area (Å²) in [6, 6.07) is 0. The van der Waals surface area contributed by atoms with E-state index in [0.29, 0.717) is 0 Å². The normalized spacial score (nSPS) is 12.8. The summed E-state index contributed by atoms with van der Waals surface area (Å²) in [7, 11) is 2.36. The first-order valence-corrected chi connectivity index (χ1v) is 6.44. The molecule has 0 radical (unpaired) electrons. The Hall–Kier alpha value is -1.42. The van der Waals surface area contributed by atoms with Crippen LogP contribution in [-0.2, 0) is 28.7 Å². The van der Waals surface area contributed by atoms with Gasteiger partial charge in [-0.25, -0.2) is 0 Å². The van der Waals surface area contributed by atoms with Crippen LogP contribution in [0.15, 0.2) is 0 Å². The third-order valence-electron chi connectivity index (χ3n) is 2.06. The maximum Gasteiger partial charge on any atom is 0.320 e. The van der Waals surface area contributed by atoms with E-state index >= 15 is 0 Å². The molecule has 0 bridgehead atoms. The molecule has 114 valence electrons. The summed E-state index contributed by atoms with van der Waals surface area (Å²) in [5.74, 6) is -3.18. The van der Waals surface area contributed by atoms with Crippen molar-refractivity contribution in [1.82, 2.24) is 10.6 Å². The lowest BCUT2D eigenvalue weighted by atomic mass is 10.4. The third kappa shape index (κ3) is 6.66. The van der Waals surface area contributed by atoms with Crippen LogP contribution < -0.4 is 10.6 Å². The van der Waals surface area contributed by atoms with Crippen LogP contribution >= 0.6 is 25.3 Å². The molecular formula is C10H16N2O6S2. The van der Waals surface area contributed by atoms with Gasteiger partial charge in [0.15, 0.2) is 0 Å². The molecule has 0 aliphatic heterocycles. The Kier molecular flexibility index (Phi) is 8.81. The van der Waals surface area contributed by atoms with Crippen LogP contribution in [0, 0.1) is 0 Å². The van der Waals surface area contributed by atoms with Gasteiger partial charge in [-0.3, -0.25) is 19.2 Å². The minimum atomic E-state index is -0.960. The zero-order valence-corrected chi connectivity index (χ0v) is 12.7. The molecule has 0 aliphatic carbocycles. The van der Waals surface area contributed by atoms with Gasteiger partial charge in [0, 0.05) is 13.1 Å². The summed E-state index contributed by atoms with van der Waals surface area (Å²) in [6.45, 7) is -0.327.